The lowest BCUT2D eigenvalue weighted by molar-refractivity contribution is 0.113. The minimum absolute atomic E-state index is 0.172. The summed E-state index contributed by atoms with van der Waals surface area (Å²) in [5, 5.41) is 20.9. The molecule has 1 atom stereocenters. The highest BCUT2D eigenvalue weighted by Gasteiger charge is 2.10. The Bertz CT molecular complexity index is 354. The second-order valence-corrected chi connectivity index (χ2v) is 4.43. The fraction of sp³-hybridized carbons (Fsp3) is 0.600. The van der Waals surface area contributed by atoms with E-state index < -0.39 is 11.9 Å². The summed E-state index contributed by atoms with van der Waals surface area (Å²) in [6.07, 6.45) is 1.15. The Kier molecular flexibility index (Phi) is 6.17. The number of nitrogens with zero attached hydrogens (tertiary/aromatic N) is 2. The quantitative estimate of drug-likeness (QED) is 0.499. The molecule has 1 aromatic heterocycles. The van der Waals surface area contributed by atoms with Gasteiger partial charge in [-0.2, -0.15) is 0 Å². The number of aliphatic hydroxyl groups is 2. The van der Waals surface area contributed by atoms with E-state index in [0.717, 1.165) is 30.9 Å². The van der Waals surface area contributed by atoms with Gasteiger partial charge in [0.1, 0.15) is 5.03 Å². The number of hydrogen-bond donors (Lipinski definition) is 3. The Morgan fingerprint density at radius 2 is 2.35 bits per heavy atom. The molecule has 1 heterocycles. The number of aromatic nitrogens is 2. The first-order chi connectivity index (χ1) is 8.17. The molecule has 1 aromatic rings. The second-order valence-electron chi connectivity index (χ2n) is 3.42. The van der Waals surface area contributed by atoms with Gasteiger partial charge < -0.3 is 15.5 Å². The number of nitrogens with one attached hydrogen (secondary N) is 1. The van der Waals surface area contributed by atoms with Crippen LogP contribution in [0.2, 0.25) is 0 Å². The molecule has 3 N–H and O–H groups in total. The predicted octanol–water partition coefficient (Wildman–Crippen LogP) is 0.883. The molecular weight excluding hydrogens is 245 g/mol. The summed E-state index contributed by atoms with van der Waals surface area (Å²) in [5.41, 5.74) is 0. The third-order valence-corrected chi connectivity index (χ3v) is 2.98. The highest BCUT2D eigenvalue weighted by Crippen LogP contribution is 2.20. The zero-order chi connectivity index (χ0) is 12.7. The summed E-state index contributed by atoms with van der Waals surface area (Å²) in [6.45, 7) is 2.37. The number of hydrogen-bond acceptors (Lipinski definition) is 6. The lowest BCUT2D eigenvalue weighted by Crippen LogP contribution is -2.15. The topological polar surface area (TPSA) is 78.3 Å². The van der Waals surface area contributed by atoms with Crippen LogP contribution < -0.4 is 5.32 Å². The first-order valence-corrected chi connectivity index (χ1v) is 6.34. The molecule has 0 aliphatic heterocycles. The van der Waals surface area contributed by atoms with Crippen LogP contribution in [-0.4, -0.2) is 45.2 Å². The third kappa shape index (κ3) is 4.84. The zero-order valence-electron chi connectivity index (χ0n) is 9.56. The van der Waals surface area contributed by atoms with Gasteiger partial charge in [0.15, 0.2) is 5.82 Å². The first-order valence-electron chi connectivity index (χ1n) is 5.35. The van der Waals surface area contributed by atoms with E-state index in [1.165, 1.54) is 0 Å². The minimum Gasteiger partial charge on any atom is -0.394 e. The highest BCUT2D eigenvalue weighted by atomic mass is 32.2. The molecule has 0 aromatic carbocycles. The van der Waals surface area contributed by atoms with Gasteiger partial charge in [0.2, 0.25) is 5.95 Å². The van der Waals surface area contributed by atoms with Crippen LogP contribution in [0.4, 0.5) is 10.3 Å². The third-order valence-electron chi connectivity index (χ3n) is 1.87. The maximum Gasteiger partial charge on any atom is 0.223 e. The van der Waals surface area contributed by atoms with Crippen LogP contribution in [0.25, 0.3) is 0 Å². The number of thioether (sulfide) groups is 1. The standard InChI is InChI=1S/C10H16FN3O2S/c1-2-3-12-10-13-4-8(11)9(14-10)17-6-7(16)5-15/h4,7,15-16H,2-3,5-6H2,1H3,(H,12,13,14). The van der Waals surface area contributed by atoms with Crippen LogP contribution >= 0.6 is 11.8 Å². The van der Waals surface area contributed by atoms with Gasteiger partial charge in [0, 0.05) is 12.3 Å². The van der Waals surface area contributed by atoms with E-state index >= 15 is 0 Å². The monoisotopic (exact) mass is 261 g/mol. The van der Waals surface area contributed by atoms with E-state index in [2.05, 4.69) is 15.3 Å². The molecule has 0 aliphatic carbocycles. The van der Waals surface area contributed by atoms with E-state index in [0.29, 0.717) is 5.95 Å². The van der Waals surface area contributed by atoms with Crippen LogP contribution in [-0.2, 0) is 0 Å². The molecule has 1 unspecified atom stereocenters. The van der Waals surface area contributed by atoms with Crippen molar-refractivity contribution in [2.24, 2.45) is 0 Å². The van der Waals surface area contributed by atoms with Gasteiger partial charge in [-0.1, -0.05) is 6.92 Å². The van der Waals surface area contributed by atoms with Crippen LogP contribution in [0.5, 0.6) is 0 Å². The van der Waals surface area contributed by atoms with Crippen LogP contribution in [0.15, 0.2) is 11.2 Å². The predicted molar refractivity (Wildman–Crippen MR) is 64.6 cm³/mol. The fourth-order valence-corrected chi connectivity index (χ4v) is 1.80. The van der Waals surface area contributed by atoms with E-state index in [9.17, 15) is 4.39 Å². The molecule has 0 radical (unpaired) electrons. The van der Waals surface area contributed by atoms with Crippen LogP contribution in [0.3, 0.4) is 0 Å². The molecular formula is C10H16FN3O2S. The molecule has 0 aliphatic rings. The molecule has 0 saturated heterocycles. The van der Waals surface area contributed by atoms with Gasteiger partial charge in [-0.15, -0.1) is 11.8 Å². The smallest absolute Gasteiger partial charge is 0.223 e. The largest absolute Gasteiger partial charge is 0.394 e. The van der Waals surface area contributed by atoms with Crippen molar-refractivity contribution < 1.29 is 14.6 Å². The van der Waals surface area contributed by atoms with Gasteiger partial charge in [-0.05, 0) is 6.42 Å². The van der Waals surface area contributed by atoms with Crippen molar-refractivity contribution in [3.05, 3.63) is 12.0 Å². The molecule has 1 rings (SSSR count). The molecule has 0 bridgehead atoms. The van der Waals surface area contributed by atoms with Crippen molar-refractivity contribution in [3.63, 3.8) is 0 Å². The number of halogens is 1. The Morgan fingerprint density at radius 3 is 3.00 bits per heavy atom. The van der Waals surface area contributed by atoms with Crippen molar-refractivity contribution in [2.75, 3.05) is 24.2 Å². The summed E-state index contributed by atoms with van der Waals surface area (Å²) in [5.74, 6) is 0.0360. The normalized spacial score (nSPS) is 12.5. The van der Waals surface area contributed by atoms with Gasteiger partial charge >= 0.3 is 0 Å². The van der Waals surface area contributed by atoms with Crippen molar-refractivity contribution in [1.82, 2.24) is 9.97 Å². The lowest BCUT2D eigenvalue weighted by Gasteiger charge is -2.08. The van der Waals surface area contributed by atoms with E-state index in [1.807, 2.05) is 6.92 Å². The van der Waals surface area contributed by atoms with Gasteiger partial charge in [0.05, 0.1) is 18.9 Å². The van der Waals surface area contributed by atoms with Crippen molar-refractivity contribution in [2.45, 2.75) is 24.5 Å². The van der Waals surface area contributed by atoms with Gasteiger partial charge in [-0.3, -0.25) is 0 Å². The van der Waals surface area contributed by atoms with E-state index in [1.54, 1.807) is 0 Å². The first kappa shape index (κ1) is 14.1. The average Bonchev–Trinajstić information content (AvgIpc) is 2.35. The molecule has 0 amide bonds. The van der Waals surface area contributed by atoms with Gasteiger partial charge in [-0.25, -0.2) is 14.4 Å². The highest BCUT2D eigenvalue weighted by molar-refractivity contribution is 7.99. The summed E-state index contributed by atoms with van der Waals surface area (Å²) in [6, 6.07) is 0. The fourth-order valence-electron chi connectivity index (χ4n) is 1.00. The minimum atomic E-state index is -0.874. The molecule has 0 spiro atoms. The maximum atomic E-state index is 13.3. The second kappa shape index (κ2) is 7.41. The van der Waals surface area contributed by atoms with Crippen molar-refractivity contribution in [1.29, 1.82) is 0 Å². The molecule has 0 fully saturated rings. The number of rotatable bonds is 7. The van der Waals surface area contributed by atoms with E-state index in [-0.39, 0.29) is 17.4 Å². The number of aliphatic hydroxyl groups excluding tert-OH is 2. The maximum absolute atomic E-state index is 13.3. The Morgan fingerprint density at radius 1 is 1.59 bits per heavy atom. The number of anilines is 1. The molecule has 96 valence electrons. The Labute approximate surface area is 103 Å². The van der Waals surface area contributed by atoms with Crippen LogP contribution in [0.1, 0.15) is 13.3 Å². The SMILES string of the molecule is CCCNc1ncc(F)c(SCC(O)CO)n1. The van der Waals surface area contributed by atoms with Crippen molar-refractivity contribution >= 4 is 17.7 Å². The Balaban J connectivity index is 2.62. The molecule has 0 saturated carbocycles. The summed E-state index contributed by atoms with van der Waals surface area (Å²) < 4.78 is 13.3. The van der Waals surface area contributed by atoms with Gasteiger partial charge in [0.25, 0.3) is 0 Å². The molecule has 7 heteroatoms. The molecule has 17 heavy (non-hydrogen) atoms. The van der Waals surface area contributed by atoms with E-state index in [4.69, 9.17) is 10.2 Å². The summed E-state index contributed by atoms with van der Waals surface area (Å²) >= 11 is 1.05. The summed E-state index contributed by atoms with van der Waals surface area (Å²) in [4.78, 5) is 7.79. The lowest BCUT2D eigenvalue weighted by atomic mass is 10.4. The summed E-state index contributed by atoms with van der Waals surface area (Å²) in [7, 11) is 0. The van der Waals surface area contributed by atoms with Crippen molar-refractivity contribution in [3.8, 4) is 0 Å². The Hall–Kier alpha value is -0.920. The zero-order valence-corrected chi connectivity index (χ0v) is 10.4. The average molecular weight is 261 g/mol. The molecule has 5 nitrogen and oxygen atoms in total. The van der Waals surface area contributed by atoms with Crippen LogP contribution in [0, 0.1) is 5.82 Å².